The highest BCUT2D eigenvalue weighted by Crippen LogP contribution is 2.34. The van der Waals surface area contributed by atoms with E-state index in [0.29, 0.717) is 9.47 Å². The SMILES string of the molecule is Cc1ccc(Nc2nnc(S[C@@H]3CS(=O)(=O)C[C@H]3O)s2)cc1. The number of rotatable bonds is 4. The number of aryl methyl sites for hydroxylation is 1. The van der Waals surface area contributed by atoms with Crippen molar-refractivity contribution >= 4 is 43.8 Å². The van der Waals surface area contributed by atoms with Crippen molar-refractivity contribution < 1.29 is 13.5 Å². The smallest absolute Gasteiger partial charge is 0.210 e. The van der Waals surface area contributed by atoms with E-state index in [4.69, 9.17) is 0 Å². The zero-order valence-electron chi connectivity index (χ0n) is 11.8. The van der Waals surface area contributed by atoms with E-state index in [1.165, 1.54) is 28.7 Å². The molecule has 0 aliphatic carbocycles. The average molecular weight is 357 g/mol. The Bertz CT molecular complexity index is 758. The Labute approximate surface area is 136 Å². The van der Waals surface area contributed by atoms with Crippen LogP contribution in [-0.4, -0.2) is 46.6 Å². The Morgan fingerprint density at radius 3 is 2.64 bits per heavy atom. The molecule has 22 heavy (non-hydrogen) atoms. The van der Waals surface area contributed by atoms with Crippen molar-refractivity contribution in [1.82, 2.24) is 10.2 Å². The van der Waals surface area contributed by atoms with Gasteiger partial charge >= 0.3 is 0 Å². The fraction of sp³-hybridized carbons (Fsp3) is 0.385. The molecule has 0 radical (unpaired) electrons. The first-order valence-corrected chi connectivity index (χ1v) is 10.2. The molecule has 0 amide bonds. The first kappa shape index (κ1) is 15.7. The van der Waals surface area contributed by atoms with E-state index < -0.39 is 15.9 Å². The number of anilines is 2. The minimum absolute atomic E-state index is 0.0147. The Kier molecular flexibility index (Phi) is 4.40. The molecule has 2 heterocycles. The fourth-order valence-corrected chi connectivity index (χ4v) is 6.63. The molecule has 3 rings (SSSR count). The number of aromatic nitrogens is 2. The van der Waals surface area contributed by atoms with Gasteiger partial charge in [0.1, 0.15) is 0 Å². The summed E-state index contributed by atoms with van der Waals surface area (Å²) in [5, 5.41) is 21.3. The molecule has 0 bridgehead atoms. The summed E-state index contributed by atoms with van der Waals surface area (Å²) in [7, 11) is -3.14. The van der Waals surface area contributed by atoms with Crippen molar-refractivity contribution in [3.63, 3.8) is 0 Å². The van der Waals surface area contributed by atoms with E-state index in [1.807, 2.05) is 31.2 Å². The lowest BCUT2D eigenvalue weighted by atomic mass is 10.2. The Morgan fingerprint density at radius 1 is 1.27 bits per heavy atom. The van der Waals surface area contributed by atoms with Gasteiger partial charge in [-0.25, -0.2) is 8.42 Å². The first-order valence-electron chi connectivity index (χ1n) is 6.64. The molecular weight excluding hydrogens is 342 g/mol. The zero-order chi connectivity index (χ0) is 15.7. The molecule has 0 saturated carbocycles. The molecule has 2 aromatic rings. The molecule has 1 aliphatic rings. The molecule has 6 nitrogen and oxygen atoms in total. The molecular formula is C13H15N3O3S3. The van der Waals surface area contributed by atoms with Crippen LogP contribution in [0.5, 0.6) is 0 Å². The van der Waals surface area contributed by atoms with Crippen LogP contribution in [0.4, 0.5) is 10.8 Å². The van der Waals surface area contributed by atoms with E-state index in [0.717, 1.165) is 5.69 Å². The normalized spacial score (nSPS) is 23.5. The summed E-state index contributed by atoms with van der Waals surface area (Å²) in [4.78, 5) is 0. The largest absolute Gasteiger partial charge is 0.391 e. The monoisotopic (exact) mass is 357 g/mol. The van der Waals surface area contributed by atoms with E-state index in [2.05, 4.69) is 15.5 Å². The van der Waals surface area contributed by atoms with Gasteiger partial charge in [0.15, 0.2) is 14.2 Å². The highest BCUT2D eigenvalue weighted by molar-refractivity contribution is 8.03. The van der Waals surface area contributed by atoms with Gasteiger partial charge in [0.2, 0.25) is 5.13 Å². The number of hydrogen-bond donors (Lipinski definition) is 2. The topological polar surface area (TPSA) is 92.2 Å². The van der Waals surface area contributed by atoms with Crippen LogP contribution in [-0.2, 0) is 9.84 Å². The number of hydrogen-bond acceptors (Lipinski definition) is 8. The molecule has 9 heteroatoms. The second kappa shape index (κ2) is 6.15. The lowest BCUT2D eigenvalue weighted by Crippen LogP contribution is -2.19. The van der Waals surface area contributed by atoms with Gasteiger partial charge in [0.05, 0.1) is 22.9 Å². The molecule has 1 aromatic carbocycles. The van der Waals surface area contributed by atoms with Crippen LogP contribution in [0.25, 0.3) is 0 Å². The van der Waals surface area contributed by atoms with Crippen LogP contribution in [0.2, 0.25) is 0 Å². The standard InChI is InChI=1S/C13H15N3O3S3/c1-8-2-4-9(5-3-8)14-12-15-16-13(21-12)20-11-7-22(18,19)6-10(11)17/h2-5,10-11,17H,6-7H2,1H3,(H,14,15)/t10-,11-/m1/s1. The fourth-order valence-electron chi connectivity index (χ4n) is 2.11. The number of aliphatic hydroxyl groups is 1. The maximum Gasteiger partial charge on any atom is 0.210 e. The van der Waals surface area contributed by atoms with Crippen LogP contribution < -0.4 is 5.32 Å². The van der Waals surface area contributed by atoms with Crippen LogP contribution in [0, 0.1) is 6.92 Å². The summed E-state index contributed by atoms with van der Waals surface area (Å²) in [5.74, 6) is -0.183. The van der Waals surface area contributed by atoms with E-state index in [-0.39, 0.29) is 16.8 Å². The second-order valence-corrected chi connectivity index (χ2v) is 9.78. The molecule has 1 fully saturated rings. The van der Waals surface area contributed by atoms with Gasteiger partial charge in [-0.3, -0.25) is 0 Å². The number of sulfone groups is 1. The summed E-state index contributed by atoms with van der Waals surface area (Å²) < 4.78 is 23.6. The first-order chi connectivity index (χ1) is 10.4. The number of aliphatic hydroxyl groups excluding tert-OH is 1. The van der Waals surface area contributed by atoms with Gasteiger partial charge in [-0.05, 0) is 19.1 Å². The Morgan fingerprint density at radius 2 is 2.00 bits per heavy atom. The van der Waals surface area contributed by atoms with Gasteiger partial charge in [0, 0.05) is 5.69 Å². The highest BCUT2D eigenvalue weighted by Gasteiger charge is 2.37. The molecule has 1 saturated heterocycles. The van der Waals surface area contributed by atoms with E-state index in [9.17, 15) is 13.5 Å². The van der Waals surface area contributed by atoms with Crippen molar-refractivity contribution in [3.8, 4) is 0 Å². The van der Waals surface area contributed by atoms with Gasteiger partial charge in [-0.1, -0.05) is 40.8 Å². The third kappa shape index (κ3) is 3.78. The third-order valence-electron chi connectivity index (χ3n) is 3.23. The van der Waals surface area contributed by atoms with Gasteiger partial charge in [0.25, 0.3) is 0 Å². The van der Waals surface area contributed by atoms with E-state index in [1.54, 1.807) is 0 Å². The third-order valence-corrected chi connectivity index (χ3v) is 7.40. The van der Waals surface area contributed by atoms with Crippen LogP contribution in [0.3, 0.4) is 0 Å². The lowest BCUT2D eigenvalue weighted by Gasteiger charge is -2.08. The second-order valence-electron chi connectivity index (χ2n) is 5.16. The average Bonchev–Trinajstić information content (AvgIpc) is 2.97. The quantitative estimate of drug-likeness (QED) is 0.862. The molecule has 118 valence electrons. The maximum atomic E-state index is 11.5. The van der Waals surface area contributed by atoms with Crippen molar-refractivity contribution in [1.29, 1.82) is 0 Å². The van der Waals surface area contributed by atoms with Crippen molar-refractivity contribution in [2.75, 3.05) is 16.8 Å². The van der Waals surface area contributed by atoms with Crippen molar-refractivity contribution in [2.24, 2.45) is 0 Å². The predicted molar refractivity (Wildman–Crippen MR) is 88.7 cm³/mol. The molecule has 1 aromatic heterocycles. The Balaban J connectivity index is 1.65. The zero-order valence-corrected chi connectivity index (χ0v) is 14.2. The van der Waals surface area contributed by atoms with Crippen LogP contribution >= 0.6 is 23.1 Å². The van der Waals surface area contributed by atoms with Crippen LogP contribution in [0.15, 0.2) is 28.6 Å². The summed E-state index contributed by atoms with van der Waals surface area (Å²) in [6.45, 7) is 2.02. The predicted octanol–water partition coefficient (Wildman–Crippen LogP) is 1.84. The molecule has 2 N–H and O–H groups in total. The maximum absolute atomic E-state index is 11.5. The summed E-state index contributed by atoms with van der Waals surface area (Å²) in [6.07, 6.45) is -0.840. The molecule has 0 spiro atoms. The summed E-state index contributed by atoms with van der Waals surface area (Å²) >= 11 is 2.62. The van der Waals surface area contributed by atoms with Gasteiger partial charge in [-0.2, -0.15) is 0 Å². The summed E-state index contributed by atoms with van der Waals surface area (Å²) in [5.41, 5.74) is 2.09. The molecule has 0 unspecified atom stereocenters. The van der Waals surface area contributed by atoms with Crippen molar-refractivity contribution in [3.05, 3.63) is 29.8 Å². The van der Waals surface area contributed by atoms with Crippen LogP contribution in [0.1, 0.15) is 5.56 Å². The highest BCUT2D eigenvalue weighted by atomic mass is 32.2. The summed E-state index contributed by atoms with van der Waals surface area (Å²) in [6, 6.07) is 7.91. The number of nitrogens with zero attached hydrogens (tertiary/aromatic N) is 2. The number of benzene rings is 1. The lowest BCUT2D eigenvalue weighted by molar-refractivity contribution is 0.207. The molecule has 2 atom stereocenters. The number of nitrogens with one attached hydrogen (secondary N) is 1. The molecule has 1 aliphatic heterocycles. The van der Waals surface area contributed by atoms with Crippen molar-refractivity contribution in [2.45, 2.75) is 22.6 Å². The van der Waals surface area contributed by atoms with Gasteiger partial charge < -0.3 is 10.4 Å². The minimum atomic E-state index is -3.14. The van der Waals surface area contributed by atoms with Gasteiger partial charge in [-0.15, -0.1) is 10.2 Å². The van der Waals surface area contributed by atoms with E-state index >= 15 is 0 Å². The number of thioether (sulfide) groups is 1. The Hall–Kier alpha value is -1.16. The minimum Gasteiger partial charge on any atom is -0.391 e.